The van der Waals surface area contributed by atoms with E-state index < -0.39 is 0 Å². The van der Waals surface area contributed by atoms with Gasteiger partial charge in [0.25, 0.3) is 0 Å². The highest BCUT2D eigenvalue weighted by Gasteiger charge is 2.25. The van der Waals surface area contributed by atoms with Crippen molar-refractivity contribution in [2.24, 2.45) is 5.73 Å². The van der Waals surface area contributed by atoms with Gasteiger partial charge in [-0.15, -0.1) is 0 Å². The third-order valence-corrected chi connectivity index (χ3v) is 3.42. The van der Waals surface area contributed by atoms with Gasteiger partial charge in [-0.2, -0.15) is 0 Å². The first-order valence-corrected chi connectivity index (χ1v) is 6.65. The third-order valence-electron chi connectivity index (χ3n) is 3.42. The Morgan fingerprint density at radius 2 is 2.17 bits per heavy atom. The molecule has 18 heavy (non-hydrogen) atoms. The van der Waals surface area contributed by atoms with Gasteiger partial charge in [0.2, 0.25) is 0 Å². The minimum Gasteiger partial charge on any atom is -0.465 e. The van der Waals surface area contributed by atoms with Crippen LogP contribution >= 0.6 is 0 Å². The molecule has 0 saturated carbocycles. The summed E-state index contributed by atoms with van der Waals surface area (Å²) in [6.07, 6.45) is 1.08. The van der Waals surface area contributed by atoms with E-state index in [2.05, 4.69) is 18.7 Å². The summed E-state index contributed by atoms with van der Waals surface area (Å²) in [6.45, 7) is 8.49. The Bertz CT molecular complexity index is 338. The van der Waals surface area contributed by atoms with E-state index in [4.69, 9.17) is 14.9 Å². The molecule has 1 heterocycles. The Hall–Kier alpha value is -0.840. The van der Waals surface area contributed by atoms with Crippen molar-refractivity contribution < 1.29 is 9.15 Å². The molecule has 0 radical (unpaired) electrons. The monoisotopic (exact) mass is 254 g/mol. The molecule has 0 aliphatic rings. The average Bonchev–Trinajstić information content (AvgIpc) is 2.80. The lowest BCUT2D eigenvalue weighted by Crippen LogP contribution is -2.41. The zero-order chi connectivity index (χ0) is 13.5. The molecular weight excluding hydrogens is 228 g/mol. The van der Waals surface area contributed by atoms with Gasteiger partial charge in [-0.25, -0.2) is 0 Å². The molecule has 1 aromatic rings. The smallest absolute Gasteiger partial charge is 0.122 e. The summed E-state index contributed by atoms with van der Waals surface area (Å²) in [7, 11) is 1.73. The van der Waals surface area contributed by atoms with Gasteiger partial charge in [0.15, 0.2) is 0 Å². The number of methoxy groups -OCH3 is 1. The first-order valence-electron chi connectivity index (χ1n) is 6.65. The van der Waals surface area contributed by atoms with Crippen molar-refractivity contribution in [3.63, 3.8) is 0 Å². The predicted octanol–water partition coefficient (Wildman–Crippen LogP) is 2.33. The highest BCUT2D eigenvalue weighted by atomic mass is 16.5. The minimum atomic E-state index is 0.129. The Balaban J connectivity index is 2.85. The Morgan fingerprint density at radius 3 is 2.61 bits per heavy atom. The van der Waals surface area contributed by atoms with Crippen LogP contribution in [0, 0.1) is 6.92 Å². The van der Waals surface area contributed by atoms with Crippen molar-refractivity contribution in [1.29, 1.82) is 0 Å². The molecule has 0 spiro atoms. The second-order valence-corrected chi connectivity index (χ2v) is 4.69. The highest BCUT2D eigenvalue weighted by molar-refractivity contribution is 5.10. The molecule has 0 aromatic carbocycles. The average molecular weight is 254 g/mol. The molecule has 1 rings (SSSR count). The van der Waals surface area contributed by atoms with E-state index >= 15 is 0 Å². The van der Waals surface area contributed by atoms with Crippen LogP contribution < -0.4 is 5.73 Å². The summed E-state index contributed by atoms with van der Waals surface area (Å²) < 4.78 is 10.9. The van der Waals surface area contributed by atoms with Crippen LogP contribution in [0.25, 0.3) is 0 Å². The standard InChI is InChI=1S/C14H26N2O2/c1-5-11(2)16(8-9-17-4)13(10-15)14-7-6-12(3)18-14/h6-7,11,13H,5,8-10,15H2,1-4H3. The second kappa shape index (κ2) is 7.56. The lowest BCUT2D eigenvalue weighted by atomic mass is 10.1. The number of hydrogen-bond acceptors (Lipinski definition) is 4. The SMILES string of the molecule is CCC(C)N(CCOC)C(CN)c1ccc(C)o1. The fourth-order valence-corrected chi connectivity index (χ4v) is 2.16. The second-order valence-electron chi connectivity index (χ2n) is 4.69. The molecule has 2 atom stereocenters. The first kappa shape index (κ1) is 15.2. The molecule has 1 aromatic heterocycles. The predicted molar refractivity (Wildman–Crippen MR) is 73.6 cm³/mol. The lowest BCUT2D eigenvalue weighted by molar-refractivity contribution is 0.0811. The minimum absolute atomic E-state index is 0.129. The maximum absolute atomic E-state index is 5.94. The van der Waals surface area contributed by atoms with Crippen molar-refractivity contribution in [3.05, 3.63) is 23.7 Å². The summed E-state index contributed by atoms with van der Waals surface area (Å²) >= 11 is 0. The van der Waals surface area contributed by atoms with Crippen LogP contribution in [-0.2, 0) is 4.74 Å². The van der Waals surface area contributed by atoms with Crippen molar-refractivity contribution in [1.82, 2.24) is 4.90 Å². The molecule has 2 unspecified atom stereocenters. The fraction of sp³-hybridized carbons (Fsp3) is 0.714. The van der Waals surface area contributed by atoms with Crippen LogP contribution in [0.15, 0.2) is 16.5 Å². The van der Waals surface area contributed by atoms with Crippen LogP contribution in [0.3, 0.4) is 0 Å². The van der Waals surface area contributed by atoms with Crippen LogP contribution in [0.5, 0.6) is 0 Å². The van der Waals surface area contributed by atoms with Gasteiger partial charge in [-0.05, 0) is 32.4 Å². The van der Waals surface area contributed by atoms with Crippen molar-refractivity contribution in [2.75, 3.05) is 26.8 Å². The van der Waals surface area contributed by atoms with Crippen LogP contribution in [0.4, 0.5) is 0 Å². The third kappa shape index (κ3) is 3.83. The van der Waals surface area contributed by atoms with Crippen LogP contribution in [0.1, 0.15) is 37.8 Å². The molecule has 0 aliphatic heterocycles. The summed E-state index contributed by atoms with van der Waals surface area (Å²) in [5.74, 6) is 1.88. The van der Waals surface area contributed by atoms with Crippen molar-refractivity contribution in [3.8, 4) is 0 Å². The van der Waals surface area contributed by atoms with Crippen molar-refractivity contribution >= 4 is 0 Å². The van der Waals surface area contributed by atoms with Gasteiger partial charge in [-0.1, -0.05) is 6.92 Å². The molecular formula is C14H26N2O2. The van der Waals surface area contributed by atoms with Gasteiger partial charge in [0, 0.05) is 26.2 Å². The maximum Gasteiger partial charge on any atom is 0.122 e. The number of hydrogen-bond donors (Lipinski definition) is 1. The molecule has 104 valence electrons. The topological polar surface area (TPSA) is 51.6 Å². The molecule has 0 saturated heterocycles. The largest absolute Gasteiger partial charge is 0.465 e. The van der Waals surface area contributed by atoms with Crippen LogP contribution in [-0.4, -0.2) is 37.7 Å². The zero-order valence-electron chi connectivity index (χ0n) is 12.0. The number of ether oxygens (including phenoxy) is 1. The molecule has 2 N–H and O–H groups in total. The summed E-state index contributed by atoms with van der Waals surface area (Å²) in [6, 6.07) is 4.60. The molecule has 0 bridgehead atoms. The van der Waals surface area contributed by atoms with Gasteiger partial charge >= 0.3 is 0 Å². The Labute approximate surface area is 110 Å². The van der Waals surface area contributed by atoms with E-state index in [1.165, 1.54) is 0 Å². The molecule has 0 amide bonds. The summed E-state index contributed by atoms with van der Waals surface area (Å²) in [4.78, 5) is 2.36. The Kier molecular flexibility index (Phi) is 6.39. The van der Waals surface area contributed by atoms with Gasteiger partial charge in [0.05, 0.1) is 12.6 Å². The molecule has 0 aliphatic carbocycles. The highest BCUT2D eigenvalue weighted by Crippen LogP contribution is 2.24. The van der Waals surface area contributed by atoms with E-state index in [1.54, 1.807) is 7.11 Å². The molecule has 0 fully saturated rings. The fourth-order valence-electron chi connectivity index (χ4n) is 2.16. The van der Waals surface area contributed by atoms with E-state index in [0.717, 1.165) is 24.5 Å². The van der Waals surface area contributed by atoms with Gasteiger partial charge < -0.3 is 14.9 Å². The van der Waals surface area contributed by atoms with E-state index in [-0.39, 0.29) is 6.04 Å². The van der Waals surface area contributed by atoms with E-state index in [1.807, 2.05) is 19.1 Å². The Morgan fingerprint density at radius 1 is 1.44 bits per heavy atom. The zero-order valence-corrected chi connectivity index (χ0v) is 12.0. The number of aryl methyl sites for hydroxylation is 1. The number of rotatable bonds is 8. The van der Waals surface area contributed by atoms with E-state index in [9.17, 15) is 0 Å². The number of furan rings is 1. The lowest BCUT2D eigenvalue weighted by Gasteiger charge is -2.34. The maximum atomic E-state index is 5.94. The molecule has 4 heteroatoms. The normalized spacial score (nSPS) is 15.0. The van der Waals surface area contributed by atoms with Crippen LogP contribution in [0.2, 0.25) is 0 Å². The number of nitrogens with zero attached hydrogens (tertiary/aromatic N) is 1. The van der Waals surface area contributed by atoms with Crippen molar-refractivity contribution in [2.45, 2.75) is 39.3 Å². The summed E-state index contributed by atoms with van der Waals surface area (Å²) in [5.41, 5.74) is 5.94. The first-order chi connectivity index (χ1) is 8.63. The van der Waals surface area contributed by atoms with Gasteiger partial charge in [-0.3, -0.25) is 4.90 Å². The van der Waals surface area contributed by atoms with E-state index in [0.29, 0.717) is 19.2 Å². The summed E-state index contributed by atoms with van der Waals surface area (Å²) in [5, 5.41) is 0. The molecule has 4 nitrogen and oxygen atoms in total. The quantitative estimate of drug-likeness (QED) is 0.773. The number of nitrogens with two attached hydrogens (primary N) is 1. The van der Waals surface area contributed by atoms with Gasteiger partial charge in [0.1, 0.15) is 11.5 Å².